The Bertz CT molecular complexity index is 1430. The van der Waals surface area contributed by atoms with Crippen LogP contribution in [0, 0.1) is 0 Å². The summed E-state index contributed by atoms with van der Waals surface area (Å²) in [6.45, 7) is 4.12. The van der Waals surface area contributed by atoms with Crippen LogP contribution < -0.4 is 14.5 Å². The maximum Gasteiger partial charge on any atom is 0.326 e. The summed E-state index contributed by atoms with van der Waals surface area (Å²) in [6, 6.07) is 7.12. The molecule has 3 aliphatic rings. The lowest BCUT2D eigenvalue weighted by molar-refractivity contribution is -0.228. The standard InChI is InChI=1S/C27H27ClF2N6O5/c1-15-27(13-39-14-27)40-7-6-35(15)20-8-16(28)11-32-25(20)41-17-9-21(26(37)38)36(12-17)22-10-19(18-4-2-3-5-31-18)33-24(34-22)23(29)30/h2-5,8,10-11,15,17,21,23H,6-7,9,12-14H2,1H3,(H,37,38)/t15-,17-,21-/m0/s1. The number of nitrogens with zero attached hydrogens (tertiary/aromatic N) is 6. The van der Waals surface area contributed by atoms with Gasteiger partial charge in [0.25, 0.3) is 6.43 Å². The molecule has 3 fully saturated rings. The largest absolute Gasteiger partial charge is 0.480 e. The van der Waals surface area contributed by atoms with E-state index in [2.05, 4.69) is 24.8 Å². The third-order valence-corrected chi connectivity index (χ3v) is 7.93. The molecule has 1 spiro atoms. The molecule has 1 N–H and O–H groups in total. The molecule has 216 valence electrons. The van der Waals surface area contributed by atoms with Crippen molar-refractivity contribution in [3.05, 3.63) is 53.6 Å². The number of halogens is 3. The van der Waals surface area contributed by atoms with Crippen molar-refractivity contribution in [3.63, 3.8) is 0 Å². The summed E-state index contributed by atoms with van der Waals surface area (Å²) >= 11 is 6.33. The number of hydrogen-bond acceptors (Lipinski definition) is 10. The number of anilines is 2. The second-order valence-electron chi connectivity index (χ2n) is 10.2. The first-order valence-corrected chi connectivity index (χ1v) is 13.5. The summed E-state index contributed by atoms with van der Waals surface area (Å²) in [5.41, 5.74) is 0.749. The van der Waals surface area contributed by atoms with Gasteiger partial charge in [-0.3, -0.25) is 4.98 Å². The second kappa shape index (κ2) is 11.0. The maximum atomic E-state index is 13.8. The first-order chi connectivity index (χ1) is 19.7. The van der Waals surface area contributed by atoms with Gasteiger partial charge in [-0.25, -0.2) is 28.5 Å². The summed E-state index contributed by atoms with van der Waals surface area (Å²) in [4.78, 5) is 32.5. The Labute approximate surface area is 239 Å². The first kappa shape index (κ1) is 27.5. The highest BCUT2D eigenvalue weighted by Crippen LogP contribution is 2.40. The molecule has 0 aliphatic carbocycles. The minimum Gasteiger partial charge on any atom is -0.480 e. The predicted molar refractivity (Wildman–Crippen MR) is 144 cm³/mol. The molecule has 0 aromatic carbocycles. The molecular weight excluding hydrogens is 562 g/mol. The topological polar surface area (TPSA) is 123 Å². The third kappa shape index (κ3) is 5.24. The van der Waals surface area contributed by atoms with Crippen molar-refractivity contribution in [1.29, 1.82) is 0 Å². The van der Waals surface area contributed by atoms with Gasteiger partial charge >= 0.3 is 5.97 Å². The molecule has 3 aromatic rings. The summed E-state index contributed by atoms with van der Waals surface area (Å²) in [6.07, 6.45) is -0.541. The van der Waals surface area contributed by atoms with Gasteiger partial charge in [0, 0.05) is 31.4 Å². The van der Waals surface area contributed by atoms with Crippen molar-refractivity contribution >= 4 is 29.1 Å². The zero-order valence-electron chi connectivity index (χ0n) is 22.0. The number of aliphatic carboxylic acids is 1. The molecule has 3 atom stereocenters. The van der Waals surface area contributed by atoms with Crippen molar-refractivity contribution in [2.45, 2.75) is 43.6 Å². The zero-order valence-corrected chi connectivity index (χ0v) is 22.7. The van der Waals surface area contributed by atoms with Crippen LogP contribution in [0.15, 0.2) is 42.7 Å². The van der Waals surface area contributed by atoms with Crippen LogP contribution in [-0.4, -0.2) is 87.7 Å². The van der Waals surface area contributed by atoms with Crippen LogP contribution in [0.4, 0.5) is 20.3 Å². The molecule has 0 saturated carbocycles. The molecule has 11 nitrogen and oxygen atoms in total. The van der Waals surface area contributed by atoms with Crippen LogP contribution in [-0.2, 0) is 14.3 Å². The molecule has 0 radical (unpaired) electrons. The van der Waals surface area contributed by atoms with E-state index in [1.807, 2.05) is 6.92 Å². The Kier molecular flexibility index (Phi) is 7.34. The highest BCUT2D eigenvalue weighted by molar-refractivity contribution is 6.30. The SMILES string of the molecule is C[C@@H]1N(c2cc(Cl)cnc2O[C@H]2C[C@@H](C(=O)O)N(c3cc(-c4ccccn4)nc(C(F)F)n3)C2)CCOC12COC2. The molecular formula is C27H27ClF2N6O5. The number of rotatable bonds is 7. The Morgan fingerprint density at radius 3 is 2.71 bits per heavy atom. The molecule has 3 saturated heterocycles. The molecule has 0 amide bonds. The molecule has 3 aromatic heterocycles. The highest BCUT2D eigenvalue weighted by Gasteiger charge is 2.50. The average molecular weight is 589 g/mol. The summed E-state index contributed by atoms with van der Waals surface area (Å²) < 4.78 is 45.3. The molecule has 3 aliphatic heterocycles. The lowest BCUT2D eigenvalue weighted by Crippen LogP contribution is -2.68. The van der Waals surface area contributed by atoms with E-state index >= 15 is 0 Å². The maximum absolute atomic E-state index is 13.8. The average Bonchev–Trinajstić information content (AvgIpc) is 3.38. The number of carboxylic acids is 1. The van der Waals surface area contributed by atoms with E-state index in [1.54, 1.807) is 24.3 Å². The van der Waals surface area contributed by atoms with E-state index in [9.17, 15) is 18.7 Å². The number of alkyl halides is 2. The van der Waals surface area contributed by atoms with Gasteiger partial charge in [-0.15, -0.1) is 0 Å². The van der Waals surface area contributed by atoms with E-state index in [0.717, 1.165) is 0 Å². The highest BCUT2D eigenvalue weighted by atomic mass is 35.5. The van der Waals surface area contributed by atoms with E-state index in [4.69, 9.17) is 25.8 Å². The Morgan fingerprint density at radius 1 is 1.20 bits per heavy atom. The van der Waals surface area contributed by atoms with E-state index < -0.39 is 36.0 Å². The van der Waals surface area contributed by atoms with Gasteiger partial charge in [0.2, 0.25) is 5.88 Å². The van der Waals surface area contributed by atoms with Crippen LogP contribution in [0.3, 0.4) is 0 Å². The molecule has 0 bridgehead atoms. The fourth-order valence-electron chi connectivity index (χ4n) is 5.49. The normalized spacial score (nSPS) is 23.6. The lowest BCUT2D eigenvalue weighted by Gasteiger charge is -2.53. The Morgan fingerprint density at radius 2 is 2.02 bits per heavy atom. The minimum absolute atomic E-state index is 0.0486. The van der Waals surface area contributed by atoms with Crippen molar-refractivity contribution in [2.75, 3.05) is 42.7 Å². The van der Waals surface area contributed by atoms with Crippen molar-refractivity contribution < 1.29 is 32.9 Å². The fraction of sp³-hybridized carbons (Fsp3) is 0.444. The van der Waals surface area contributed by atoms with Crippen molar-refractivity contribution in [3.8, 4) is 17.3 Å². The van der Waals surface area contributed by atoms with Gasteiger partial charge in [-0.05, 0) is 25.1 Å². The van der Waals surface area contributed by atoms with E-state index in [-0.39, 0.29) is 30.5 Å². The van der Waals surface area contributed by atoms with Crippen molar-refractivity contribution in [1.82, 2.24) is 19.9 Å². The molecule has 14 heteroatoms. The summed E-state index contributed by atoms with van der Waals surface area (Å²) in [5, 5.41) is 10.5. The van der Waals surface area contributed by atoms with Crippen LogP contribution >= 0.6 is 11.6 Å². The van der Waals surface area contributed by atoms with E-state index in [0.29, 0.717) is 48.6 Å². The predicted octanol–water partition coefficient (Wildman–Crippen LogP) is 3.63. The fourth-order valence-corrected chi connectivity index (χ4v) is 5.64. The van der Waals surface area contributed by atoms with Gasteiger partial charge < -0.3 is 29.1 Å². The van der Waals surface area contributed by atoms with Crippen LogP contribution in [0.1, 0.15) is 25.6 Å². The van der Waals surface area contributed by atoms with Crippen LogP contribution in [0.5, 0.6) is 5.88 Å². The van der Waals surface area contributed by atoms with E-state index in [1.165, 1.54) is 23.4 Å². The van der Waals surface area contributed by atoms with Gasteiger partial charge in [0.05, 0.1) is 48.8 Å². The van der Waals surface area contributed by atoms with Crippen LogP contribution in [0.25, 0.3) is 11.4 Å². The zero-order chi connectivity index (χ0) is 28.7. The monoisotopic (exact) mass is 588 g/mol. The molecule has 0 unspecified atom stereocenters. The van der Waals surface area contributed by atoms with Crippen molar-refractivity contribution in [2.24, 2.45) is 0 Å². The number of ether oxygens (including phenoxy) is 3. The smallest absolute Gasteiger partial charge is 0.326 e. The first-order valence-electron chi connectivity index (χ1n) is 13.1. The minimum atomic E-state index is -2.96. The molecule has 6 heterocycles. The number of aromatic nitrogens is 4. The number of pyridine rings is 2. The lowest BCUT2D eigenvalue weighted by atomic mass is 9.90. The molecule has 41 heavy (non-hydrogen) atoms. The van der Waals surface area contributed by atoms with Crippen LogP contribution in [0.2, 0.25) is 5.02 Å². The van der Waals surface area contributed by atoms with Gasteiger partial charge in [-0.1, -0.05) is 17.7 Å². The summed E-state index contributed by atoms with van der Waals surface area (Å²) in [5.74, 6) is -1.51. The number of hydrogen-bond donors (Lipinski definition) is 1. The Balaban J connectivity index is 1.30. The molecule has 6 rings (SSSR count). The number of morpholine rings is 1. The van der Waals surface area contributed by atoms with Gasteiger partial charge in [0.15, 0.2) is 5.82 Å². The number of carboxylic acid groups (broad SMARTS) is 1. The number of carbonyl (C=O) groups is 1. The van der Waals surface area contributed by atoms with Gasteiger partial charge in [0.1, 0.15) is 29.3 Å². The van der Waals surface area contributed by atoms with Gasteiger partial charge in [-0.2, -0.15) is 0 Å². The quantitative estimate of drug-likeness (QED) is 0.435. The summed E-state index contributed by atoms with van der Waals surface area (Å²) in [7, 11) is 0. The third-order valence-electron chi connectivity index (χ3n) is 7.72. The Hall–Kier alpha value is -3.68. The second-order valence-corrected chi connectivity index (χ2v) is 10.7.